The molecule has 1 saturated heterocycles. The fourth-order valence-corrected chi connectivity index (χ4v) is 1.33. The fourth-order valence-electron chi connectivity index (χ4n) is 1.33. The molecule has 0 radical (unpaired) electrons. The molecule has 0 bridgehead atoms. The van der Waals surface area contributed by atoms with Crippen molar-refractivity contribution in [3.63, 3.8) is 0 Å². The first-order valence-electron chi connectivity index (χ1n) is 3.83. The van der Waals surface area contributed by atoms with Gasteiger partial charge >= 0.3 is 0 Å². The lowest BCUT2D eigenvalue weighted by Crippen LogP contribution is -2.21. The van der Waals surface area contributed by atoms with Gasteiger partial charge in [-0.15, -0.1) is 0 Å². The van der Waals surface area contributed by atoms with E-state index in [9.17, 15) is 0 Å². The molecule has 0 saturated carbocycles. The summed E-state index contributed by atoms with van der Waals surface area (Å²) in [7, 11) is 0. The number of hydrogen-bond acceptors (Lipinski definition) is 2. The summed E-state index contributed by atoms with van der Waals surface area (Å²) >= 11 is 0. The molecule has 1 unspecified atom stereocenters. The maximum absolute atomic E-state index is 8.06. The van der Waals surface area contributed by atoms with Crippen LogP contribution in [-0.4, -0.2) is 18.2 Å². The number of ether oxygens (including phenoxy) is 1. The van der Waals surface area contributed by atoms with Crippen molar-refractivity contribution in [3.8, 4) is 0 Å². The van der Waals surface area contributed by atoms with E-state index in [4.69, 9.17) is 10.3 Å². The summed E-state index contributed by atoms with van der Waals surface area (Å²) in [4.78, 5) is 2.69. The van der Waals surface area contributed by atoms with Crippen molar-refractivity contribution in [2.24, 2.45) is 5.11 Å². The van der Waals surface area contributed by atoms with Gasteiger partial charge < -0.3 is 4.74 Å². The molecule has 0 spiro atoms. The highest BCUT2D eigenvalue weighted by molar-refractivity contribution is 4.81. The normalized spacial score (nSPS) is 28.0. The van der Waals surface area contributed by atoms with Gasteiger partial charge in [-0.25, -0.2) is 0 Å². The Kier molecular flexibility index (Phi) is 2.37. The maximum atomic E-state index is 8.06. The van der Waals surface area contributed by atoms with E-state index < -0.39 is 0 Å². The van der Waals surface area contributed by atoms with Crippen molar-refractivity contribution < 1.29 is 4.74 Å². The third-order valence-electron chi connectivity index (χ3n) is 1.90. The Balaban J connectivity index is 2.36. The quantitative estimate of drug-likeness (QED) is 0.342. The van der Waals surface area contributed by atoms with E-state index in [1.807, 2.05) is 0 Å². The first kappa shape index (κ1) is 8.37. The first-order valence-corrected chi connectivity index (χ1v) is 3.83. The molecule has 0 aromatic rings. The van der Waals surface area contributed by atoms with Crippen molar-refractivity contribution in [1.29, 1.82) is 0 Å². The molecule has 1 atom stereocenters. The van der Waals surface area contributed by atoms with E-state index in [0.717, 1.165) is 12.8 Å². The molecule has 1 heterocycles. The molecule has 0 aromatic heterocycles. The van der Waals surface area contributed by atoms with Crippen LogP contribution in [0.1, 0.15) is 26.7 Å². The van der Waals surface area contributed by atoms with Gasteiger partial charge in [0.25, 0.3) is 0 Å². The Hall–Kier alpha value is -0.730. The third kappa shape index (κ3) is 2.41. The second-order valence-corrected chi connectivity index (χ2v) is 3.45. The van der Waals surface area contributed by atoms with Gasteiger partial charge in [0.15, 0.2) is 0 Å². The van der Waals surface area contributed by atoms with Gasteiger partial charge in [0.1, 0.15) is 0 Å². The Morgan fingerprint density at radius 3 is 2.91 bits per heavy atom. The minimum Gasteiger partial charge on any atom is -0.372 e. The lowest BCUT2D eigenvalue weighted by Gasteiger charge is -2.17. The van der Waals surface area contributed by atoms with Gasteiger partial charge in [-0.1, -0.05) is 5.11 Å². The van der Waals surface area contributed by atoms with Crippen LogP contribution in [0.25, 0.3) is 10.4 Å². The van der Waals surface area contributed by atoms with Crippen LogP contribution in [0.5, 0.6) is 0 Å². The van der Waals surface area contributed by atoms with E-state index in [1.54, 1.807) is 0 Å². The van der Waals surface area contributed by atoms with Crippen LogP contribution >= 0.6 is 0 Å². The summed E-state index contributed by atoms with van der Waals surface area (Å²) in [5.74, 6) is 0. The van der Waals surface area contributed by atoms with Crippen LogP contribution in [0.4, 0.5) is 0 Å². The van der Waals surface area contributed by atoms with Crippen LogP contribution in [0, 0.1) is 0 Å². The lowest BCUT2D eigenvalue weighted by atomic mass is 10.1. The number of nitrogens with zero attached hydrogens (tertiary/aromatic N) is 3. The largest absolute Gasteiger partial charge is 0.372 e. The van der Waals surface area contributed by atoms with E-state index in [-0.39, 0.29) is 11.7 Å². The highest BCUT2D eigenvalue weighted by Crippen LogP contribution is 2.29. The van der Waals surface area contributed by atoms with Gasteiger partial charge in [0.05, 0.1) is 18.2 Å². The second-order valence-electron chi connectivity index (χ2n) is 3.45. The minimum absolute atomic E-state index is 0.0182. The number of hydrogen-bond donors (Lipinski definition) is 0. The van der Waals surface area contributed by atoms with Crippen LogP contribution in [0.15, 0.2) is 5.11 Å². The van der Waals surface area contributed by atoms with Gasteiger partial charge in [-0.05, 0) is 32.2 Å². The molecule has 0 aliphatic carbocycles. The van der Waals surface area contributed by atoms with Crippen molar-refractivity contribution in [2.45, 2.75) is 38.4 Å². The summed E-state index contributed by atoms with van der Waals surface area (Å²) in [5.41, 5.74) is 8.04. The second kappa shape index (κ2) is 3.11. The Morgan fingerprint density at radius 1 is 1.73 bits per heavy atom. The lowest BCUT2D eigenvalue weighted by molar-refractivity contribution is -0.0107. The molecule has 1 aliphatic heterocycles. The zero-order valence-corrected chi connectivity index (χ0v) is 6.95. The van der Waals surface area contributed by atoms with Crippen LogP contribution in [-0.2, 0) is 4.74 Å². The Labute approximate surface area is 66.2 Å². The molecule has 0 aromatic carbocycles. The Morgan fingerprint density at radius 2 is 2.45 bits per heavy atom. The summed E-state index contributed by atoms with van der Waals surface area (Å²) in [6.07, 6.45) is 2.20. The molecular weight excluding hydrogens is 142 g/mol. The smallest absolute Gasteiger partial charge is 0.0639 e. The Bertz CT molecular complexity index is 184. The molecule has 0 amide bonds. The number of azide groups is 1. The molecule has 11 heavy (non-hydrogen) atoms. The zero-order chi connectivity index (χ0) is 8.32. The van der Waals surface area contributed by atoms with Gasteiger partial charge in [-0.3, -0.25) is 0 Å². The zero-order valence-electron chi connectivity index (χ0n) is 6.95. The molecule has 0 N–H and O–H groups in total. The average molecular weight is 155 g/mol. The highest BCUT2D eigenvalue weighted by Gasteiger charge is 2.30. The van der Waals surface area contributed by atoms with Crippen molar-refractivity contribution in [3.05, 3.63) is 10.4 Å². The molecule has 1 aliphatic rings. The molecular formula is C7H13N3O. The minimum atomic E-state index is -0.0182. The van der Waals surface area contributed by atoms with E-state index in [2.05, 4.69) is 23.9 Å². The third-order valence-corrected chi connectivity index (χ3v) is 1.90. The van der Waals surface area contributed by atoms with Gasteiger partial charge in [-0.2, -0.15) is 0 Å². The molecule has 1 fully saturated rings. The van der Waals surface area contributed by atoms with Crippen molar-refractivity contribution in [2.75, 3.05) is 6.54 Å². The SMILES string of the molecule is CC1(C)CCC(CN=[N+]=[N-])O1. The van der Waals surface area contributed by atoms with Crippen molar-refractivity contribution in [1.82, 2.24) is 0 Å². The van der Waals surface area contributed by atoms with Crippen molar-refractivity contribution >= 4 is 0 Å². The van der Waals surface area contributed by atoms with E-state index >= 15 is 0 Å². The monoisotopic (exact) mass is 155 g/mol. The number of rotatable bonds is 2. The molecule has 62 valence electrons. The maximum Gasteiger partial charge on any atom is 0.0639 e. The van der Waals surface area contributed by atoms with Crippen LogP contribution in [0.2, 0.25) is 0 Å². The highest BCUT2D eigenvalue weighted by atomic mass is 16.5. The standard InChI is InChI=1S/C7H13N3O/c1-7(2)4-3-6(11-7)5-9-10-8/h6H,3-5H2,1-2H3. The summed E-state index contributed by atoms with van der Waals surface area (Å²) in [6, 6.07) is 0. The average Bonchev–Trinajstić information content (AvgIpc) is 2.26. The molecule has 1 rings (SSSR count). The topological polar surface area (TPSA) is 58.0 Å². The fraction of sp³-hybridized carbons (Fsp3) is 1.00. The summed E-state index contributed by atoms with van der Waals surface area (Å²) in [5, 5.41) is 3.47. The summed E-state index contributed by atoms with van der Waals surface area (Å²) in [6.45, 7) is 4.59. The van der Waals surface area contributed by atoms with E-state index in [0.29, 0.717) is 6.54 Å². The predicted molar refractivity (Wildman–Crippen MR) is 42.2 cm³/mol. The van der Waals surface area contributed by atoms with Gasteiger partial charge in [0, 0.05) is 4.91 Å². The predicted octanol–water partition coefficient (Wildman–Crippen LogP) is 2.25. The van der Waals surface area contributed by atoms with Crippen LogP contribution in [0.3, 0.4) is 0 Å². The molecule has 4 heteroatoms. The van der Waals surface area contributed by atoms with E-state index in [1.165, 1.54) is 0 Å². The summed E-state index contributed by atoms with van der Waals surface area (Å²) < 4.78 is 5.59. The van der Waals surface area contributed by atoms with Crippen LogP contribution < -0.4 is 0 Å². The van der Waals surface area contributed by atoms with Gasteiger partial charge in [0.2, 0.25) is 0 Å². The molecule has 4 nitrogen and oxygen atoms in total. The first-order chi connectivity index (χ1) is 5.14.